The lowest BCUT2D eigenvalue weighted by molar-refractivity contribution is -0.0685. The predicted octanol–water partition coefficient (Wildman–Crippen LogP) is 5.97. The molecule has 0 N–H and O–H groups in total. The number of carbonyl (C=O) groups excluding carboxylic acids is 1. The Labute approximate surface area is 181 Å². The number of fused-ring (bicyclic) bond motifs is 2. The van der Waals surface area contributed by atoms with E-state index in [0.29, 0.717) is 24.2 Å². The average Bonchev–Trinajstić information content (AvgIpc) is 2.69. The molecule has 2 aromatic carbocycles. The van der Waals surface area contributed by atoms with Crippen LogP contribution < -0.4 is 4.90 Å². The Morgan fingerprint density at radius 1 is 1.10 bits per heavy atom. The molecule has 4 nitrogen and oxygen atoms in total. The summed E-state index contributed by atoms with van der Waals surface area (Å²) in [5, 5.41) is 0. The lowest BCUT2D eigenvalue weighted by Crippen LogP contribution is -2.49. The molecule has 0 radical (unpaired) electrons. The summed E-state index contributed by atoms with van der Waals surface area (Å²) >= 11 is 0. The fourth-order valence-electron chi connectivity index (χ4n) is 4.32. The van der Waals surface area contributed by atoms with Gasteiger partial charge >= 0.3 is 6.09 Å². The second kappa shape index (κ2) is 7.14. The predicted molar refractivity (Wildman–Crippen MR) is 118 cm³/mol. The van der Waals surface area contributed by atoms with E-state index in [0.717, 1.165) is 11.3 Å². The third kappa shape index (κ3) is 3.73. The van der Waals surface area contributed by atoms with E-state index in [2.05, 4.69) is 4.99 Å². The van der Waals surface area contributed by atoms with Crippen LogP contribution in [0.5, 0.6) is 0 Å². The molecule has 0 fully saturated rings. The summed E-state index contributed by atoms with van der Waals surface area (Å²) in [7, 11) is 0. The Kier molecular flexibility index (Phi) is 4.95. The molecule has 1 atom stereocenters. The van der Waals surface area contributed by atoms with Crippen molar-refractivity contribution in [2.45, 2.75) is 58.1 Å². The number of para-hydroxylation sites is 1. The number of rotatable bonds is 1. The van der Waals surface area contributed by atoms with E-state index in [9.17, 15) is 4.79 Å². The van der Waals surface area contributed by atoms with E-state index in [1.165, 1.54) is 19.9 Å². The summed E-state index contributed by atoms with van der Waals surface area (Å²) in [4.78, 5) is 19.2. The van der Waals surface area contributed by atoms with Gasteiger partial charge in [0.1, 0.15) is 11.1 Å². The molecule has 2 aliphatic heterocycles. The number of ether oxygens (including phenoxy) is 1. The minimum atomic E-state index is -3.08. The van der Waals surface area contributed by atoms with Crippen molar-refractivity contribution in [1.82, 2.24) is 0 Å². The van der Waals surface area contributed by atoms with Gasteiger partial charge in [-0.2, -0.15) is 8.78 Å². The molecule has 1 amide bonds. The van der Waals surface area contributed by atoms with Gasteiger partial charge in [-0.3, -0.25) is 9.89 Å². The number of alkyl halides is 2. The van der Waals surface area contributed by atoms with E-state index in [4.69, 9.17) is 4.74 Å². The maximum absolute atomic E-state index is 15.2. The number of benzene rings is 2. The lowest BCUT2D eigenvalue weighted by atomic mass is 9.77. The largest absolute Gasteiger partial charge is 0.443 e. The highest BCUT2D eigenvalue weighted by atomic mass is 19.3. The van der Waals surface area contributed by atoms with Crippen LogP contribution in [0.25, 0.3) is 0 Å². The number of hydrogen-bond donors (Lipinski definition) is 0. The highest BCUT2D eigenvalue weighted by Gasteiger charge is 2.53. The molecule has 31 heavy (non-hydrogen) atoms. The third-order valence-electron chi connectivity index (χ3n) is 5.86. The van der Waals surface area contributed by atoms with Crippen LogP contribution in [0, 0.1) is 5.92 Å². The Morgan fingerprint density at radius 2 is 1.74 bits per heavy atom. The summed E-state index contributed by atoms with van der Waals surface area (Å²) in [5.41, 5.74) is 0.618. The number of anilines is 1. The van der Waals surface area contributed by atoms with Crippen molar-refractivity contribution < 1.29 is 18.3 Å². The van der Waals surface area contributed by atoms with Crippen molar-refractivity contribution in [2.75, 3.05) is 11.4 Å². The van der Waals surface area contributed by atoms with Crippen molar-refractivity contribution in [2.24, 2.45) is 10.9 Å². The zero-order valence-corrected chi connectivity index (χ0v) is 18.6. The summed E-state index contributed by atoms with van der Waals surface area (Å²) < 4.78 is 35.9. The van der Waals surface area contributed by atoms with Gasteiger partial charge in [-0.1, -0.05) is 42.5 Å². The molecule has 0 saturated heterocycles. The van der Waals surface area contributed by atoms with Crippen molar-refractivity contribution in [3.8, 4) is 0 Å². The molecule has 1 unspecified atom stereocenters. The number of nitrogens with zero attached hydrogens (tertiary/aromatic N) is 2. The topological polar surface area (TPSA) is 41.9 Å². The quantitative estimate of drug-likeness (QED) is 0.563. The Balaban J connectivity index is 1.79. The normalized spacial score (nSPS) is 21.6. The summed E-state index contributed by atoms with van der Waals surface area (Å²) in [6, 6.07) is 14.2. The maximum Gasteiger partial charge on any atom is 0.414 e. The number of hydrogen-bond acceptors (Lipinski definition) is 3. The SMILES string of the molecule is CC(C)(C)OC(=O)N1CC(C2=NC(C)(C)C(F)(F)c3ccccc32)Cc2ccccc21. The number of halogens is 2. The van der Waals surface area contributed by atoms with Gasteiger partial charge in [0.2, 0.25) is 0 Å². The first kappa shape index (κ1) is 21.5. The summed E-state index contributed by atoms with van der Waals surface area (Å²) in [6.45, 7) is 8.72. The highest BCUT2D eigenvalue weighted by Crippen LogP contribution is 2.47. The molecular formula is C25H28F2N2O2. The molecule has 0 spiro atoms. The minimum absolute atomic E-state index is 0.00678. The van der Waals surface area contributed by atoms with Gasteiger partial charge < -0.3 is 4.74 Å². The van der Waals surface area contributed by atoms with Gasteiger partial charge in [0.25, 0.3) is 5.92 Å². The zero-order valence-electron chi connectivity index (χ0n) is 18.6. The molecule has 0 aromatic heterocycles. The molecular weight excluding hydrogens is 398 g/mol. The van der Waals surface area contributed by atoms with Crippen LogP contribution >= 0.6 is 0 Å². The van der Waals surface area contributed by atoms with Crippen LogP contribution in [0.3, 0.4) is 0 Å². The average molecular weight is 427 g/mol. The van der Waals surface area contributed by atoms with Crippen LogP contribution in [0.2, 0.25) is 0 Å². The van der Waals surface area contributed by atoms with Crippen molar-refractivity contribution in [3.05, 3.63) is 65.2 Å². The maximum atomic E-state index is 15.2. The monoisotopic (exact) mass is 426 g/mol. The summed E-state index contributed by atoms with van der Waals surface area (Å²) in [6.07, 6.45) is 0.170. The number of aliphatic imine (C=N–C) groups is 1. The fourth-order valence-corrected chi connectivity index (χ4v) is 4.32. The Morgan fingerprint density at radius 3 is 2.45 bits per heavy atom. The lowest BCUT2D eigenvalue weighted by Gasteiger charge is -2.41. The smallest absolute Gasteiger partial charge is 0.414 e. The minimum Gasteiger partial charge on any atom is -0.443 e. The molecule has 0 aliphatic carbocycles. The van der Waals surface area contributed by atoms with Crippen molar-refractivity contribution >= 4 is 17.5 Å². The van der Waals surface area contributed by atoms with E-state index >= 15 is 8.78 Å². The van der Waals surface area contributed by atoms with Crippen LogP contribution in [-0.4, -0.2) is 29.5 Å². The van der Waals surface area contributed by atoms with Gasteiger partial charge in [0.15, 0.2) is 0 Å². The Bertz CT molecular complexity index is 1050. The molecule has 2 aromatic rings. The molecule has 2 aliphatic rings. The summed E-state index contributed by atoms with van der Waals surface area (Å²) in [5.74, 6) is -3.30. The van der Waals surface area contributed by atoms with Crippen molar-refractivity contribution in [3.63, 3.8) is 0 Å². The van der Waals surface area contributed by atoms with Crippen LogP contribution in [0.15, 0.2) is 53.5 Å². The van der Waals surface area contributed by atoms with Gasteiger partial charge in [-0.15, -0.1) is 0 Å². The molecule has 164 valence electrons. The van der Waals surface area contributed by atoms with Gasteiger partial charge in [-0.05, 0) is 52.7 Å². The van der Waals surface area contributed by atoms with Crippen LogP contribution in [0.4, 0.5) is 19.3 Å². The fraction of sp³-hybridized carbons (Fsp3) is 0.440. The first-order valence-electron chi connectivity index (χ1n) is 10.6. The van der Waals surface area contributed by atoms with Gasteiger partial charge in [0.05, 0.1) is 5.69 Å². The number of amides is 1. The molecule has 0 bridgehead atoms. The first-order valence-corrected chi connectivity index (χ1v) is 10.6. The van der Waals surface area contributed by atoms with Gasteiger partial charge in [0, 0.05) is 29.3 Å². The first-order chi connectivity index (χ1) is 14.4. The molecule has 0 saturated carbocycles. The van der Waals surface area contributed by atoms with Crippen LogP contribution in [-0.2, 0) is 17.1 Å². The van der Waals surface area contributed by atoms with E-state index < -0.39 is 23.2 Å². The zero-order chi connectivity index (χ0) is 22.6. The molecule has 2 heterocycles. The highest BCUT2D eigenvalue weighted by molar-refractivity contribution is 6.06. The van der Waals surface area contributed by atoms with E-state index in [1.54, 1.807) is 23.1 Å². The third-order valence-corrected chi connectivity index (χ3v) is 5.86. The second-order valence-electron chi connectivity index (χ2n) is 9.80. The van der Waals surface area contributed by atoms with E-state index in [-0.39, 0.29) is 11.5 Å². The van der Waals surface area contributed by atoms with Crippen LogP contribution in [0.1, 0.15) is 51.3 Å². The second-order valence-corrected chi connectivity index (χ2v) is 9.80. The van der Waals surface area contributed by atoms with Crippen molar-refractivity contribution in [1.29, 1.82) is 0 Å². The van der Waals surface area contributed by atoms with Gasteiger partial charge in [-0.25, -0.2) is 4.79 Å². The van der Waals surface area contributed by atoms with E-state index in [1.807, 2.05) is 45.0 Å². The Hall–Kier alpha value is -2.76. The molecule has 4 rings (SSSR count). The number of carbonyl (C=O) groups is 1. The molecule has 6 heteroatoms. The standard InChI is InChI=1S/C25H28F2N2O2/c1-23(2,3)31-22(30)29-15-17(14-16-10-6-9-13-20(16)29)21-18-11-7-8-12-19(18)25(26,27)24(4,5)28-21/h6-13,17H,14-15H2,1-5H3.